The first-order chi connectivity index (χ1) is 15.2. The van der Waals surface area contributed by atoms with Crippen molar-refractivity contribution >= 4 is 12.0 Å². The molecule has 1 atom stereocenters. The molecule has 0 aliphatic carbocycles. The van der Waals surface area contributed by atoms with Crippen LogP contribution in [0.25, 0.3) is 17.2 Å². The second-order valence-electron chi connectivity index (χ2n) is 7.45. The number of unbranched alkanes of at least 4 members (excludes halogenated alkanes) is 1. The summed E-state index contributed by atoms with van der Waals surface area (Å²) in [5.74, 6) is 1.17. The van der Waals surface area contributed by atoms with Gasteiger partial charge >= 0.3 is 5.97 Å². The molecule has 2 aromatic rings. The van der Waals surface area contributed by atoms with Crippen molar-refractivity contribution in [2.45, 2.75) is 33.1 Å². The van der Waals surface area contributed by atoms with Crippen LogP contribution in [0.5, 0.6) is 11.5 Å². The number of carbonyl (C=O) groups excluding carboxylic acids is 1. The molecule has 3 rings (SSSR count). The molecule has 0 fully saturated rings. The predicted molar refractivity (Wildman–Crippen MR) is 122 cm³/mol. The fourth-order valence-electron chi connectivity index (χ4n) is 3.36. The van der Waals surface area contributed by atoms with E-state index in [1.807, 2.05) is 49.4 Å². The largest absolute Gasteiger partial charge is 0.493 e. The van der Waals surface area contributed by atoms with Gasteiger partial charge in [-0.25, -0.2) is 0 Å². The van der Waals surface area contributed by atoms with Crippen molar-refractivity contribution in [3.63, 3.8) is 0 Å². The van der Waals surface area contributed by atoms with Crippen LogP contribution in [0.15, 0.2) is 48.5 Å². The number of benzene rings is 2. The first-order valence-corrected chi connectivity index (χ1v) is 11.1. The fraction of sp³-hybridized carbons (Fsp3) is 0.423. The lowest BCUT2D eigenvalue weighted by molar-refractivity contribution is -0.146. The Morgan fingerprint density at radius 2 is 1.84 bits per heavy atom. The highest BCUT2D eigenvalue weighted by atomic mass is 16.5. The average molecular weight is 425 g/mol. The topological polar surface area (TPSA) is 54.0 Å². The number of esters is 1. The van der Waals surface area contributed by atoms with E-state index in [-0.39, 0.29) is 11.9 Å². The summed E-state index contributed by atoms with van der Waals surface area (Å²) in [6.07, 6.45) is 6.71. The Morgan fingerprint density at radius 1 is 1.03 bits per heavy atom. The predicted octanol–water partition coefficient (Wildman–Crippen LogP) is 5.52. The summed E-state index contributed by atoms with van der Waals surface area (Å²) < 4.78 is 22.3. The third-order valence-electron chi connectivity index (χ3n) is 5.12. The maximum Gasteiger partial charge on any atom is 0.312 e. The third kappa shape index (κ3) is 6.86. The summed E-state index contributed by atoms with van der Waals surface area (Å²) in [7, 11) is 0. The summed E-state index contributed by atoms with van der Waals surface area (Å²) in [6, 6.07) is 14.2. The highest BCUT2D eigenvalue weighted by molar-refractivity contribution is 5.77. The van der Waals surface area contributed by atoms with E-state index in [9.17, 15) is 4.79 Å². The summed E-state index contributed by atoms with van der Waals surface area (Å²) in [5, 5.41) is 0. The van der Waals surface area contributed by atoms with Crippen LogP contribution in [0.4, 0.5) is 0 Å². The number of rotatable bonds is 10. The number of carbonyl (C=O) groups is 1. The lowest BCUT2D eigenvalue weighted by Gasteiger charge is -2.17. The molecule has 31 heavy (non-hydrogen) atoms. The Morgan fingerprint density at radius 3 is 2.61 bits per heavy atom. The van der Waals surface area contributed by atoms with E-state index in [4.69, 9.17) is 18.9 Å². The van der Waals surface area contributed by atoms with Gasteiger partial charge in [0.05, 0.1) is 25.7 Å². The molecular formula is C26H32O5. The first kappa shape index (κ1) is 22.9. The van der Waals surface area contributed by atoms with Gasteiger partial charge in [-0.15, -0.1) is 0 Å². The first-order valence-electron chi connectivity index (χ1n) is 11.1. The minimum absolute atomic E-state index is 0.201. The number of hydrogen-bond donors (Lipinski definition) is 0. The minimum Gasteiger partial charge on any atom is -0.493 e. The Kier molecular flexibility index (Phi) is 8.98. The Bertz CT molecular complexity index is 857. The van der Waals surface area contributed by atoms with E-state index in [0.717, 1.165) is 47.6 Å². The molecule has 0 spiro atoms. The van der Waals surface area contributed by atoms with E-state index < -0.39 is 0 Å². The van der Waals surface area contributed by atoms with Crippen LogP contribution in [-0.4, -0.2) is 39.0 Å². The summed E-state index contributed by atoms with van der Waals surface area (Å²) >= 11 is 0. The van der Waals surface area contributed by atoms with Gasteiger partial charge in [-0.2, -0.15) is 0 Å². The molecule has 0 saturated carbocycles. The maximum atomic E-state index is 12.1. The Labute approximate surface area is 185 Å². The molecule has 0 N–H and O–H groups in total. The van der Waals surface area contributed by atoms with Crippen molar-refractivity contribution in [2.24, 2.45) is 5.92 Å². The quantitative estimate of drug-likeness (QED) is 0.371. The molecule has 0 saturated heterocycles. The van der Waals surface area contributed by atoms with Crippen LogP contribution in [0.1, 0.15) is 38.7 Å². The number of hydrogen-bond acceptors (Lipinski definition) is 5. The zero-order valence-electron chi connectivity index (χ0n) is 18.5. The lowest BCUT2D eigenvalue weighted by Crippen LogP contribution is -2.19. The van der Waals surface area contributed by atoms with Gasteiger partial charge in [-0.3, -0.25) is 4.79 Å². The highest BCUT2D eigenvalue weighted by Gasteiger charge is 2.19. The van der Waals surface area contributed by atoms with Gasteiger partial charge in [-0.05, 0) is 55.2 Å². The molecule has 166 valence electrons. The van der Waals surface area contributed by atoms with E-state index in [0.29, 0.717) is 32.8 Å². The van der Waals surface area contributed by atoms with Gasteiger partial charge in [0.2, 0.25) is 0 Å². The highest BCUT2D eigenvalue weighted by Crippen LogP contribution is 2.31. The average Bonchev–Trinajstić information content (AvgIpc) is 2.77. The normalized spacial score (nSPS) is 15.4. The summed E-state index contributed by atoms with van der Waals surface area (Å²) in [5.41, 5.74) is 3.12. The SMILES string of the molecule is CCCCOCCOc1ccc(-c2ccc3c(c2)C=CC(C(=O)OCC)CCO3)cc1. The zero-order chi connectivity index (χ0) is 21.9. The monoisotopic (exact) mass is 424 g/mol. The van der Waals surface area contributed by atoms with Gasteiger partial charge in [0.25, 0.3) is 0 Å². The Balaban J connectivity index is 1.64. The van der Waals surface area contributed by atoms with Gasteiger partial charge < -0.3 is 18.9 Å². The zero-order valence-corrected chi connectivity index (χ0v) is 18.5. The van der Waals surface area contributed by atoms with Crippen LogP contribution in [0.2, 0.25) is 0 Å². The van der Waals surface area contributed by atoms with Gasteiger partial charge in [-0.1, -0.05) is 43.7 Å². The number of ether oxygens (including phenoxy) is 4. The van der Waals surface area contributed by atoms with E-state index in [1.165, 1.54) is 0 Å². The second kappa shape index (κ2) is 12.2. The molecular weight excluding hydrogens is 392 g/mol. The number of fused-ring (bicyclic) bond motifs is 1. The molecule has 0 bridgehead atoms. The van der Waals surface area contributed by atoms with Crippen molar-refractivity contribution in [3.8, 4) is 22.6 Å². The summed E-state index contributed by atoms with van der Waals surface area (Å²) in [4.78, 5) is 12.1. The van der Waals surface area contributed by atoms with Crippen LogP contribution in [-0.2, 0) is 14.3 Å². The van der Waals surface area contributed by atoms with Crippen molar-refractivity contribution < 1.29 is 23.7 Å². The van der Waals surface area contributed by atoms with Crippen LogP contribution < -0.4 is 9.47 Å². The van der Waals surface area contributed by atoms with E-state index in [2.05, 4.69) is 19.1 Å². The molecule has 1 unspecified atom stereocenters. The standard InChI is InChI=1S/C26H32O5/c1-3-5-15-28-17-18-30-24-11-8-20(9-12-24)22-10-13-25-23(19-22)7-6-21(14-16-31-25)26(27)29-4-2/h6-13,19,21H,3-5,14-18H2,1-2H3. The smallest absolute Gasteiger partial charge is 0.312 e. The molecule has 2 aromatic carbocycles. The fourth-order valence-corrected chi connectivity index (χ4v) is 3.36. The van der Waals surface area contributed by atoms with Crippen LogP contribution in [0.3, 0.4) is 0 Å². The molecule has 0 aromatic heterocycles. The lowest BCUT2D eigenvalue weighted by atomic mass is 9.99. The molecule has 5 heteroatoms. The summed E-state index contributed by atoms with van der Waals surface area (Å²) in [6.45, 7) is 6.77. The molecule has 0 radical (unpaired) electrons. The van der Waals surface area contributed by atoms with Crippen molar-refractivity contribution in [1.29, 1.82) is 0 Å². The second-order valence-corrected chi connectivity index (χ2v) is 7.45. The van der Waals surface area contributed by atoms with Gasteiger partial charge in [0.15, 0.2) is 0 Å². The minimum atomic E-state index is -0.279. The Hall–Kier alpha value is -2.79. The van der Waals surface area contributed by atoms with Crippen molar-refractivity contribution in [1.82, 2.24) is 0 Å². The van der Waals surface area contributed by atoms with Gasteiger partial charge in [0, 0.05) is 12.2 Å². The van der Waals surface area contributed by atoms with E-state index in [1.54, 1.807) is 0 Å². The van der Waals surface area contributed by atoms with Crippen molar-refractivity contribution in [2.75, 3.05) is 33.0 Å². The van der Waals surface area contributed by atoms with Gasteiger partial charge in [0.1, 0.15) is 18.1 Å². The maximum absolute atomic E-state index is 12.1. The van der Waals surface area contributed by atoms with Crippen molar-refractivity contribution in [3.05, 3.63) is 54.1 Å². The molecule has 5 nitrogen and oxygen atoms in total. The molecule has 1 aliphatic heterocycles. The molecule has 0 amide bonds. The van der Waals surface area contributed by atoms with Crippen LogP contribution in [0, 0.1) is 5.92 Å². The van der Waals surface area contributed by atoms with Crippen LogP contribution >= 0.6 is 0 Å². The molecule has 1 heterocycles. The third-order valence-corrected chi connectivity index (χ3v) is 5.12. The van der Waals surface area contributed by atoms with E-state index >= 15 is 0 Å². The molecule has 1 aliphatic rings.